The van der Waals surface area contributed by atoms with Crippen molar-refractivity contribution in [1.82, 2.24) is 0 Å². The summed E-state index contributed by atoms with van der Waals surface area (Å²) >= 11 is 0. The molecule has 3 aromatic rings. The van der Waals surface area contributed by atoms with Crippen molar-refractivity contribution < 1.29 is 4.79 Å². The molecule has 1 heterocycles. The molecule has 3 aromatic carbocycles. The van der Waals surface area contributed by atoms with Crippen molar-refractivity contribution in [2.45, 2.75) is 32.2 Å². The number of rotatable bonds is 2. The second-order valence-electron chi connectivity index (χ2n) is 8.37. The normalized spacial score (nSPS) is 16.2. The maximum atomic E-state index is 13.4. The highest BCUT2D eigenvalue weighted by Gasteiger charge is 2.29. The van der Waals surface area contributed by atoms with Gasteiger partial charge in [-0.25, -0.2) is 0 Å². The molecule has 0 aliphatic carbocycles. The van der Waals surface area contributed by atoms with Gasteiger partial charge < -0.3 is 10.2 Å². The molecule has 0 saturated carbocycles. The Bertz CT molecular complexity index is 971. The molecule has 1 atom stereocenters. The highest BCUT2D eigenvalue weighted by molar-refractivity contribution is 6.08. The van der Waals surface area contributed by atoms with Crippen LogP contribution in [0, 0.1) is 0 Å². The first-order valence-electron chi connectivity index (χ1n) is 9.76. The monoisotopic (exact) mass is 370 g/mol. The molecule has 1 unspecified atom stereocenters. The van der Waals surface area contributed by atoms with Gasteiger partial charge in [-0.3, -0.25) is 4.79 Å². The molecule has 0 fully saturated rings. The van der Waals surface area contributed by atoms with Gasteiger partial charge in [0.05, 0.1) is 24.0 Å². The summed E-state index contributed by atoms with van der Waals surface area (Å²) in [5, 5.41) is 3.58. The molecule has 3 heteroatoms. The Morgan fingerprint density at radius 1 is 0.893 bits per heavy atom. The zero-order valence-corrected chi connectivity index (χ0v) is 16.6. The first kappa shape index (κ1) is 18.3. The first-order valence-corrected chi connectivity index (χ1v) is 9.76. The molecule has 0 bridgehead atoms. The zero-order chi connectivity index (χ0) is 19.7. The molecule has 0 radical (unpaired) electrons. The summed E-state index contributed by atoms with van der Waals surface area (Å²) in [4.78, 5) is 15.3. The second kappa shape index (κ2) is 7.16. The van der Waals surface area contributed by atoms with Crippen LogP contribution in [0.25, 0.3) is 0 Å². The number of fused-ring (bicyclic) bond motifs is 1. The molecule has 0 saturated heterocycles. The maximum Gasteiger partial charge on any atom is 0.258 e. The van der Waals surface area contributed by atoms with Crippen LogP contribution in [0.1, 0.15) is 48.3 Å². The number of para-hydroxylation sites is 2. The Hall–Kier alpha value is -3.07. The van der Waals surface area contributed by atoms with E-state index in [0.717, 1.165) is 16.9 Å². The van der Waals surface area contributed by atoms with Gasteiger partial charge in [0, 0.05) is 5.56 Å². The minimum absolute atomic E-state index is 0.0374. The van der Waals surface area contributed by atoms with Crippen molar-refractivity contribution in [2.75, 3.05) is 16.8 Å². The number of anilines is 2. The SMILES string of the molecule is CC(C)(C)c1ccc(C(=O)N2CC(c3ccccc3)Nc3ccccc32)cc1. The number of carbonyl (C=O) groups is 1. The fourth-order valence-corrected chi connectivity index (χ4v) is 3.68. The second-order valence-corrected chi connectivity index (χ2v) is 8.37. The van der Waals surface area contributed by atoms with E-state index in [-0.39, 0.29) is 17.4 Å². The lowest BCUT2D eigenvalue weighted by Gasteiger charge is -2.36. The van der Waals surface area contributed by atoms with Crippen molar-refractivity contribution in [3.63, 3.8) is 0 Å². The van der Waals surface area contributed by atoms with Crippen LogP contribution < -0.4 is 10.2 Å². The van der Waals surface area contributed by atoms with Crippen molar-refractivity contribution in [2.24, 2.45) is 0 Å². The van der Waals surface area contributed by atoms with Gasteiger partial charge in [-0.2, -0.15) is 0 Å². The summed E-state index contributed by atoms with van der Waals surface area (Å²) in [6.45, 7) is 7.14. The number of amides is 1. The molecule has 1 N–H and O–H groups in total. The van der Waals surface area contributed by atoms with Crippen LogP contribution in [0.2, 0.25) is 0 Å². The van der Waals surface area contributed by atoms with Crippen LogP contribution in [0.3, 0.4) is 0 Å². The molecule has 4 rings (SSSR count). The molecule has 28 heavy (non-hydrogen) atoms. The highest BCUT2D eigenvalue weighted by atomic mass is 16.2. The quantitative estimate of drug-likeness (QED) is 0.618. The largest absolute Gasteiger partial charge is 0.375 e. The smallest absolute Gasteiger partial charge is 0.258 e. The van der Waals surface area contributed by atoms with Gasteiger partial charge in [-0.1, -0.05) is 75.4 Å². The Balaban J connectivity index is 1.68. The van der Waals surface area contributed by atoms with Crippen molar-refractivity contribution in [1.29, 1.82) is 0 Å². The maximum absolute atomic E-state index is 13.4. The summed E-state index contributed by atoms with van der Waals surface area (Å²) in [6.07, 6.45) is 0. The fraction of sp³-hybridized carbons (Fsp3) is 0.240. The molecular weight excluding hydrogens is 344 g/mol. The molecule has 1 aliphatic rings. The Kier molecular flexibility index (Phi) is 4.68. The molecule has 1 amide bonds. The number of nitrogens with one attached hydrogen (secondary N) is 1. The molecule has 0 spiro atoms. The lowest BCUT2D eigenvalue weighted by Crippen LogP contribution is -2.40. The molecule has 142 valence electrons. The van der Waals surface area contributed by atoms with Crippen LogP contribution >= 0.6 is 0 Å². The van der Waals surface area contributed by atoms with E-state index < -0.39 is 0 Å². The van der Waals surface area contributed by atoms with Gasteiger partial charge in [0.25, 0.3) is 5.91 Å². The van der Waals surface area contributed by atoms with Gasteiger partial charge in [-0.05, 0) is 40.8 Å². The summed E-state index contributed by atoms with van der Waals surface area (Å²) in [5.74, 6) is 0.0374. The summed E-state index contributed by atoms with van der Waals surface area (Å²) < 4.78 is 0. The van der Waals surface area contributed by atoms with Crippen molar-refractivity contribution >= 4 is 17.3 Å². The number of nitrogens with zero attached hydrogens (tertiary/aromatic N) is 1. The predicted molar refractivity (Wildman–Crippen MR) is 116 cm³/mol. The van der Waals surface area contributed by atoms with Crippen LogP contribution in [-0.2, 0) is 5.41 Å². The number of benzene rings is 3. The van der Waals surface area contributed by atoms with Crippen LogP contribution in [0.15, 0.2) is 78.9 Å². The van der Waals surface area contributed by atoms with E-state index in [1.54, 1.807) is 0 Å². The third-order valence-electron chi connectivity index (χ3n) is 5.33. The van der Waals surface area contributed by atoms with Gasteiger partial charge in [0.2, 0.25) is 0 Å². The van der Waals surface area contributed by atoms with E-state index in [1.165, 1.54) is 11.1 Å². The topological polar surface area (TPSA) is 32.3 Å². The van der Waals surface area contributed by atoms with Crippen LogP contribution in [0.5, 0.6) is 0 Å². The van der Waals surface area contributed by atoms with Crippen molar-refractivity contribution in [3.8, 4) is 0 Å². The molecular formula is C25H26N2O. The zero-order valence-electron chi connectivity index (χ0n) is 16.6. The number of carbonyl (C=O) groups excluding carboxylic acids is 1. The molecule has 3 nitrogen and oxygen atoms in total. The Labute approximate surface area is 167 Å². The molecule has 0 aromatic heterocycles. The third kappa shape index (κ3) is 3.53. The van der Waals surface area contributed by atoms with E-state index in [9.17, 15) is 4.79 Å². The van der Waals surface area contributed by atoms with E-state index >= 15 is 0 Å². The van der Waals surface area contributed by atoms with Gasteiger partial charge in [0.15, 0.2) is 0 Å². The van der Waals surface area contributed by atoms with Crippen LogP contribution in [0.4, 0.5) is 11.4 Å². The Morgan fingerprint density at radius 3 is 2.21 bits per heavy atom. The molecule has 1 aliphatic heterocycles. The first-order chi connectivity index (χ1) is 13.4. The van der Waals surface area contributed by atoms with E-state index in [4.69, 9.17) is 0 Å². The van der Waals surface area contributed by atoms with E-state index in [1.807, 2.05) is 59.5 Å². The predicted octanol–water partition coefficient (Wildman–Crippen LogP) is 5.80. The lowest BCUT2D eigenvalue weighted by atomic mass is 9.86. The van der Waals surface area contributed by atoms with Gasteiger partial charge in [-0.15, -0.1) is 0 Å². The number of hydrogen-bond donors (Lipinski definition) is 1. The lowest BCUT2D eigenvalue weighted by molar-refractivity contribution is 0.0985. The average molecular weight is 370 g/mol. The van der Waals surface area contributed by atoms with E-state index in [2.05, 4.69) is 50.4 Å². The van der Waals surface area contributed by atoms with Crippen molar-refractivity contribution in [3.05, 3.63) is 95.6 Å². The standard InChI is InChI=1S/C25H26N2O/c1-25(2,3)20-15-13-19(14-16-20)24(28)27-17-22(18-9-5-4-6-10-18)26-21-11-7-8-12-23(21)27/h4-16,22,26H,17H2,1-3H3. The highest BCUT2D eigenvalue weighted by Crippen LogP contribution is 2.36. The Morgan fingerprint density at radius 2 is 1.54 bits per heavy atom. The minimum atomic E-state index is 0.0374. The minimum Gasteiger partial charge on any atom is -0.375 e. The summed E-state index contributed by atoms with van der Waals surface area (Å²) in [7, 11) is 0. The van der Waals surface area contributed by atoms with Crippen LogP contribution in [-0.4, -0.2) is 12.5 Å². The van der Waals surface area contributed by atoms with Gasteiger partial charge >= 0.3 is 0 Å². The average Bonchev–Trinajstić information content (AvgIpc) is 2.72. The van der Waals surface area contributed by atoms with E-state index in [0.29, 0.717) is 6.54 Å². The number of hydrogen-bond acceptors (Lipinski definition) is 2. The summed E-state index contributed by atoms with van der Waals surface area (Å²) in [5.41, 5.74) is 5.12. The third-order valence-corrected chi connectivity index (χ3v) is 5.33. The van der Waals surface area contributed by atoms with Gasteiger partial charge in [0.1, 0.15) is 0 Å². The summed E-state index contributed by atoms with van der Waals surface area (Å²) in [6, 6.07) is 26.4. The fourth-order valence-electron chi connectivity index (χ4n) is 3.68.